The average Bonchev–Trinajstić information content (AvgIpc) is 3.70. The first kappa shape index (κ1) is 26.4. The molecule has 1 aromatic carbocycles. The van der Waals surface area contributed by atoms with Gasteiger partial charge in [-0.15, -0.1) is 0 Å². The minimum absolute atomic E-state index is 0.415. The molecule has 6 nitrogen and oxygen atoms in total. The third-order valence-corrected chi connectivity index (χ3v) is 12.3. The van der Waals surface area contributed by atoms with Crippen molar-refractivity contribution in [3.8, 4) is 22.8 Å². The summed E-state index contributed by atoms with van der Waals surface area (Å²) in [5.74, 6) is 2.90. The van der Waals surface area contributed by atoms with Gasteiger partial charge in [-0.2, -0.15) is 10.2 Å². The first-order valence-electron chi connectivity index (χ1n) is 16.4. The molecule has 11 rings (SSSR count). The van der Waals surface area contributed by atoms with Crippen LogP contribution in [0.2, 0.25) is 0 Å². The Kier molecular flexibility index (Phi) is 5.53. The lowest BCUT2D eigenvalue weighted by atomic mass is 9.47. The number of nitrogens with zero attached hydrogens (tertiary/aromatic N) is 6. The molecule has 4 atom stereocenters. The molecule has 6 heteroatoms. The quantitative estimate of drug-likeness (QED) is 0.207. The van der Waals surface area contributed by atoms with Gasteiger partial charge in [0, 0.05) is 24.8 Å². The standard InChI is InChI=1S/C38H40N6/c1-37(2)27-13-25-15-35(39-19-29(25)31(37)17-27)33-9-11-43(41-33)21-23-7-5-6-8-24(23)22-44-12-10-34(42-44)36-16-26-14-28-18-32(38(28,3)4)30(26)20-40-36/h5-12,15-16,19-20,27-28,31-32H,13-14,17-18,21-22H2,1-4H3/t27-,28-,31-,32-/m0/s1. The summed E-state index contributed by atoms with van der Waals surface area (Å²) in [6.45, 7) is 11.1. The van der Waals surface area contributed by atoms with Crippen LogP contribution in [0.1, 0.15) is 85.8 Å². The van der Waals surface area contributed by atoms with E-state index >= 15 is 0 Å². The van der Waals surface area contributed by atoms with E-state index in [1.165, 1.54) is 59.1 Å². The van der Waals surface area contributed by atoms with Gasteiger partial charge < -0.3 is 0 Å². The van der Waals surface area contributed by atoms with E-state index in [1.54, 1.807) is 0 Å². The predicted molar refractivity (Wildman–Crippen MR) is 172 cm³/mol. The van der Waals surface area contributed by atoms with E-state index in [0.717, 1.165) is 34.6 Å². The second-order valence-corrected chi connectivity index (χ2v) is 15.1. The summed E-state index contributed by atoms with van der Waals surface area (Å²) < 4.78 is 4.07. The molecule has 0 saturated heterocycles. The highest BCUT2D eigenvalue weighted by Gasteiger charge is 2.53. The van der Waals surface area contributed by atoms with Crippen LogP contribution in [0, 0.1) is 22.7 Å². The van der Waals surface area contributed by atoms with Crippen molar-refractivity contribution < 1.29 is 0 Å². The van der Waals surface area contributed by atoms with E-state index in [0.29, 0.717) is 35.8 Å². The highest BCUT2D eigenvalue weighted by Crippen LogP contribution is 2.63. The van der Waals surface area contributed by atoms with Crippen molar-refractivity contribution in [1.29, 1.82) is 0 Å². The van der Waals surface area contributed by atoms with Crippen LogP contribution >= 0.6 is 0 Å². The van der Waals surface area contributed by atoms with E-state index in [2.05, 4.69) is 101 Å². The van der Waals surface area contributed by atoms with Gasteiger partial charge in [0.15, 0.2) is 0 Å². The van der Waals surface area contributed by atoms with Crippen molar-refractivity contribution in [2.75, 3.05) is 0 Å². The van der Waals surface area contributed by atoms with E-state index in [9.17, 15) is 0 Å². The van der Waals surface area contributed by atoms with E-state index in [1.807, 2.05) is 9.36 Å². The van der Waals surface area contributed by atoms with Gasteiger partial charge in [-0.25, -0.2) is 0 Å². The van der Waals surface area contributed by atoms with Gasteiger partial charge in [-0.05, 0) is 118 Å². The second-order valence-electron chi connectivity index (χ2n) is 15.1. The number of benzene rings is 1. The van der Waals surface area contributed by atoms with Crippen LogP contribution in [0.15, 0.2) is 73.3 Å². The molecule has 4 heterocycles. The van der Waals surface area contributed by atoms with Crippen LogP contribution in [-0.2, 0) is 25.9 Å². The molecule has 2 saturated carbocycles. The summed E-state index contributed by atoms with van der Waals surface area (Å²) in [4.78, 5) is 9.73. The van der Waals surface area contributed by atoms with Gasteiger partial charge >= 0.3 is 0 Å². The molecule has 0 radical (unpaired) electrons. The summed E-state index contributed by atoms with van der Waals surface area (Å²) >= 11 is 0. The number of hydrogen-bond donors (Lipinski definition) is 0. The van der Waals surface area contributed by atoms with E-state index < -0.39 is 0 Å². The lowest BCUT2D eigenvalue weighted by Gasteiger charge is -2.57. The molecule has 0 spiro atoms. The maximum Gasteiger partial charge on any atom is 0.111 e. The maximum absolute atomic E-state index is 4.95. The Morgan fingerprint density at radius 1 is 0.636 bits per heavy atom. The highest BCUT2D eigenvalue weighted by molar-refractivity contribution is 5.58. The average molecular weight is 581 g/mol. The first-order valence-corrected chi connectivity index (χ1v) is 16.4. The van der Waals surface area contributed by atoms with Gasteiger partial charge in [0.25, 0.3) is 0 Å². The van der Waals surface area contributed by atoms with Crippen molar-refractivity contribution in [2.45, 2.75) is 78.3 Å². The van der Waals surface area contributed by atoms with Gasteiger partial charge in [0.05, 0.1) is 24.5 Å². The van der Waals surface area contributed by atoms with Gasteiger partial charge in [-0.3, -0.25) is 19.3 Å². The smallest absolute Gasteiger partial charge is 0.111 e. The molecule has 0 unspecified atom stereocenters. The zero-order valence-corrected chi connectivity index (χ0v) is 26.2. The lowest BCUT2D eigenvalue weighted by molar-refractivity contribution is 0.0183. The lowest BCUT2D eigenvalue weighted by Crippen LogP contribution is -2.48. The molecule has 0 amide bonds. The van der Waals surface area contributed by atoms with Crippen LogP contribution in [-0.4, -0.2) is 29.5 Å². The Hall–Kier alpha value is -4.06. The Morgan fingerprint density at radius 2 is 1.09 bits per heavy atom. The topological polar surface area (TPSA) is 61.4 Å². The Morgan fingerprint density at radius 3 is 1.52 bits per heavy atom. The van der Waals surface area contributed by atoms with Crippen molar-refractivity contribution in [2.24, 2.45) is 22.7 Å². The maximum atomic E-state index is 4.95. The summed E-state index contributed by atoms with van der Waals surface area (Å²) in [7, 11) is 0. The number of hydrogen-bond acceptors (Lipinski definition) is 4. The van der Waals surface area contributed by atoms with Crippen LogP contribution in [0.25, 0.3) is 22.8 Å². The molecular formula is C38H40N6. The highest BCUT2D eigenvalue weighted by atomic mass is 15.3. The number of aromatic nitrogens is 6. The zero-order valence-electron chi connectivity index (χ0n) is 26.2. The minimum atomic E-state index is 0.415. The van der Waals surface area contributed by atoms with E-state index in [4.69, 9.17) is 20.2 Å². The van der Waals surface area contributed by atoms with Crippen LogP contribution < -0.4 is 0 Å². The molecule has 6 aliphatic carbocycles. The van der Waals surface area contributed by atoms with Crippen LogP contribution in [0.5, 0.6) is 0 Å². The summed E-state index contributed by atoms with van der Waals surface area (Å²) in [5.41, 5.74) is 13.0. The van der Waals surface area contributed by atoms with Gasteiger partial charge in [0.1, 0.15) is 11.4 Å². The number of rotatable bonds is 6. The van der Waals surface area contributed by atoms with E-state index in [-0.39, 0.29) is 0 Å². The molecule has 4 aromatic heterocycles. The third-order valence-electron chi connectivity index (χ3n) is 12.3. The minimum Gasteiger partial charge on any atom is -0.268 e. The first-order chi connectivity index (χ1) is 21.2. The molecule has 5 aromatic rings. The summed E-state index contributed by atoms with van der Waals surface area (Å²) in [5, 5.41) is 9.90. The van der Waals surface area contributed by atoms with Crippen LogP contribution in [0.4, 0.5) is 0 Å². The molecular weight excluding hydrogens is 540 g/mol. The summed E-state index contributed by atoms with van der Waals surface area (Å²) in [6.07, 6.45) is 13.4. The Balaban J connectivity index is 0.916. The molecule has 44 heavy (non-hydrogen) atoms. The van der Waals surface area contributed by atoms with Crippen molar-refractivity contribution in [1.82, 2.24) is 29.5 Å². The van der Waals surface area contributed by atoms with Crippen molar-refractivity contribution in [3.05, 3.63) is 107 Å². The molecule has 2 fully saturated rings. The molecule has 0 aliphatic heterocycles. The van der Waals surface area contributed by atoms with Crippen molar-refractivity contribution >= 4 is 0 Å². The van der Waals surface area contributed by atoms with Gasteiger partial charge in [0.2, 0.25) is 0 Å². The Bertz CT molecular complexity index is 1790. The molecule has 6 aliphatic rings. The zero-order chi connectivity index (χ0) is 29.8. The van der Waals surface area contributed by atoms with Crippen LogP contribution in [0.3, 0.4) is 0 Å². The fourth-order valence-electron chi connectivity index (χ4n) is 8.98. The monoisotopic (exact) mass is 580 g/mol. The fourth-order valence-corrected chi connectivity index (χ4v) is 8.98. The normalized spacial score (nSPS) is 25.0. The molecule has 0 N–H and O–H groups in total. The largest absolute Gasteiger partial charge is 0.268 e. The Labute approximate surface area is 259 Å². The molecule has 222 valence electrons. The van der Waals surface area contributed by atoms with Crippen molar-refractivity contribution in [3.63, 3.8) is 0 Å². The summed E-state index contributed by atoms with van der Waals surface area (Å²) in [6, 6.07) is 17.4. The fraction of sp³-hybridized carbons (Fsp3) is 0.421. The SMILES string of the molecule is CC1(C)[C@H]2Cc3cc(-c4ccn(Cc5ccccc5Cn5ccc(-c6cc7c(cn6)[C@@H]6C[C@H](C7)C6(C)C)n5)n4)ncc3[C@@H]1C2. The molecule has 4 bridgehead atoms. The predicted octanol–water partition coefficient (Wildman–Crippen LogP) is 7.67. The number of pyridine rings is 2. The third kappa shape index (κ3) is 3.92. The van der Waals surface area contributed by atoms with Gasteiger partial charge in [-0.1, -0.05) is 52.0 Å². The second kappa shape index (κ2) is 9.23.